The average Bonchev–Trinajstić information content (AvgIpc) is 3.24. The van der Waals surface area contributed by atoms with E-state index in [1.54, 1.807) is 6.92 Å². The van der Waals surface area contributed by atoms with Crippen LogP contribution < -0.4 is 4.80 Å². The SMILES string of the molecule is CCOC(=O)N1CCN(S(=O)(=O)c2ccc(C(=O)N=c3sc4ccc(Cl)c(C)c4n3CC)cc2)CC1. The lowest BCUT2D eigenvalue weighted by atomic mass is 10.2. The van der Waals surface area contributed by atoms with Gasteiger partial charge in [0.25, 0.3) is 5.91 Å². The fourth-order valence-electron chi connectivity index (χ4n) is 4.09. The quantitative estimate of drug-likeness (QED) is 0.480. The molecule has 1 aliphatic rings. The molecular weight excluding hydrogens is 524 g/mol. The van der Waals surface area contributed by atoms with Crippen molar-refractivity contribution >= 4 is 55.2 Å². The molecule has 0 spiro atoms. The standard InChI is InChI=1S/C24H27ClN4O5S2/c1-4-29-21-16(3)19(25)10-11-20(21)35-23(29)26-22(30)17-6-8-18(9-7-17)36(32,33)28-14-12-27(13-15-28)24(31)34-5-2/h6-11H,4-5,12-15H2,1-3H3. The third kappa shape index (κ3) is 5.06. The summed E-state index contributed by atoms with van der Waals surface area (Å²) in [6.45, 7) is 7.37. The molecule has 4 rings (SSSR count). The molecule has 1 aromatic heterocycles. The van der Waals surface area contributed by atoms with Gasteiger partial charge in [-0.25, -0.2) is 13.2 Å². The van der Waals surface area contributed by atoms with Crippen LogP contribution in [0.4, 0.5) is 4.79 Å². The van der Waals surface area contributed by atoms with Crippen molar-refractivity contribution in [3.05, 3.63) is 57.3 Å². The molecule has 0 unspecified atom stereocenters. The number of ether oxygens (including phenoxy) is 1. The highest BCUT2D eigenvalue weighted by atomic mass is 35.5. The molecule has 0 aliphatic carbocycles. The molecule has 0 radical (unpaired) electrons. The molecule has 0 N–H and O–H groups in total. The second-order valence-electron chi connectivity index (χ2n) is 8.18. The van der Waals surface area contributed by atoms with Crippen molar-refractivity contribution in [1.82, 2.24) is 13.8 Å². The van der Waals surface area contributed by atoms with Gasteiger partial charge < -0.3 is 14.2 Å². The van der Waals surface area contributed by atoms with Gasteiger partial charge in [0.1, 0.15) is 0 Å². The molecule has 36 heavy (non-hydrogen) atoms. The number of aryl methyl sites for hydroxylation is 2. The van der Waals surface area contributed by atoms with Crippen LogP contribution in [-0.4, -0.2) is 67.0 Å². The fourth-order valence-corrected chi connectivity index (χ4v) is 6.82. The molecule has 192 valence electrons. The van der Waals surface area contributed by atoms with E-state index in [9.17, 15) is 18.0 Å². The summed E-state index contributed by atoms with van der Waals surface area (Å²) in [5, 5.41) is 0.652. The highest BCUT2D eigenvalue weighted by Gasteiger charge is 2.30. The van der Waals surface area contributed by atoms with Gasteiger partial charge in [0.2, 0.25) is 10.0 Å². The minimum atomic E-state index is -3.76. The number of thiazole rings is 1. The predicted molar refractivity (Wildman–Crippen MR) is 139 cm³/mol. The summed E-state index contributed by atoms with van der Waals surface area (Å²) in [5.41, 5.74) is 2.17. The van der Waals surface area contributed by atoms with E-state index in [1.807, 2.05) is 30.5 Å². The summed E-state index contributed by atoms with van der Waals surface area (Å²) in [7, 11) is -3.76. The first-order chi connectivity index (χ1) is 17.2. The van der Waals surface area contributed by atoms with Crippen molar-refractivity contribution in [2.75, 3.05) is 32.8 Å². The molecule has 1 fully saturated rings. The Hall–Kier alpha value is -2.73. The second-order valence-corrected chi connectivity index (χ2v) is 11.5. The largest absolute Gasteiger partial charge is 0.450 e. The number of sulfonamides is 1. The zero-order valence-corrected chi connectivity index (χ0v) is 22.6. The van der Waals surface area contributed by atoms with Gasteiger partial charge in [-0.3, -0.25) is 4.79 Å². The zero-order chi connectivity index (χ0) is 26.0. The maximum atomic E-state index is 13.1. The van der Waals surface area contributed by atoms with Crippen molar-refractivity contribution in [3.8, 4) is 0 Å². The van der Waals surface area contributed by atoms with E-state index in [-0.39, 0.29) is 43.2 Å². The van der Waals surface area contributed by atoms with E-state index < -0.39 is 22.0 Å². The van der Waals surface area contributed by atoms with E-state index in [0.29, 0.717) is 16.4 Å². The van der Waals surface area contributed by atoms with Crippen LogP contribution >= 0.6 is 22.9 Å². The third-order valence-electron chi connectivity index (χ3n) is 6.05. The average molecular weight is 551 g/mol. The number of nitrogens with zero attached hydrogens (tertiary/aromatic N) is 4. The number of carbonyl (C=O) groups excluding carboxylic acids is 2. The zero-order valence-electron chi connectivity index (χ0n) is 20.2. The number of carbonyl (C=O) groups is 2. The molecule has 1 saturated heterocycles. The van der Waals surface area contributed by atoms with Gasteiger partial charge in [-0.1, -0.05) is 22.9 Å². The Morgan fingerprint density at radius 1 is 1.06 bits per heavy atom. The summed E-state index contributed by atoms with van der Waals surface area (Å²) in [4.78, 5) is 31.2. The Balaban J connectivity index is 1.54. The molecule has 9 nitrogen and oxygen atoms in total. The van der Waals surface area contributed by atoms with Crippen LogP contribution in [0.15, 0.2) is 46.3 Å². The number of benzene rings is 2. The van der Waals surface area contributed by atoms with Crippen LogP contribution in [0, 0.1) is 6.92 Å². The summed E-state index contributed by atoms with van der Waals surface area (Å²) in [5.74, 6) is -0.459. The van der Waals surface area contributed by atoms with Crippen LogP contribution in [0.1, 0.15) is 29.8 Å². The summed E-state index contributed by atoms with van der Waals surface area (Å²) >= 11 is 7.69. The molecule has 2 heterocycles. The van der Waals surface area contributed by atoms with Crippen molar-refractivity contribution in [2.45, 2.75) is 32.2 Å². The first-order valence-electron chi connectivity index (χ1n) is 11.6. The highest BCUT2D eigenvalue weighted by molar-refractivity contribution is 7.89. The first-order valence-corrected chi connectivity index (χ1v) is 14.2. The predicted octanol–water partition coefficient (Wildman–Crippen LogP) is 3.89. The summed E-state index contributed by atoms with van der Waals surface area (Å²) in [6.07, 6.45) is -0.442. The van der Waals surface area contributed by atoms with Crippen molar-refractivity contribution in [2.24, 2.45) is 4.99 Å². The Morgan fingerprint density at radius 2 is 1.72 bits per heavy atom. The Kier molecular flexibility index (Phi) is 7.84. The Labute approximate surface area is 218 Å². The fraction of sp³-hybridized carbons (Fsp3) is 0.375. The van der Waals surface area contributed by atoms with Gasteiger partial charge in [-0.2, -0.15) is 9.30 Å². The number of hydrogen-bond acceptors (Lipinski definition) is 6. The molecule has 0 atom stereocenters. The molecular formula is C24H27ClN4O5S2. The van der Waals surface area contributed by atoms with Crippen molar-refractivity contribution in [1.29, 1.82) is 0 Å². The molecule has 0 bridgehead atoms. The van der Waals surface area contributed by atoms with E-state index in [2.05, 4.69) is 4.99 Å². The molecule has 1 aliphatic heterocycles. The molecule has 2 amide bonds. The van der Waals surface area contributed by atoms with E-state index in [4.69, 9.17) is 16.3 Å². The number of fused-ring (bicyclic) bond motifs is 1. The van der Waals surface area contributed by atoms with Gasteiger partial charge in [0.15, 0.2) is 4.80 Å². The number of hydrogen-bond donors (Lipinski definition) is 0. The van der Waals surface area contributed by atoms with Gasteiger partial charge in [0, 0.05) is 43.3 Å². The smallest absolute Gasteiger partial charge is 0.409 e. The van der Waals surface area contributed by atoms with Crippen LogP contribution in [0.2, 0.25) is 5.02 Å². The summed E-state index contributed by atoms with van der Waals surface area (Å²) in [6, 6.07) is 9.52. The number of amides is 2. The van der Waals surface area contributed by atoms with Gasteiger partial charge in [-0.05, 0) is 62.7 Å². The minimum Gasteiger partial charge on any atom is -0.450 e. The van der Waals surface area contributed by atoms with E-state index in [0.717, 1.165) is 15.8 Å². The second kappa shape index (κ2) is 10.7. The lowest BCUT2D eigenvalue weighted by Crippen LogP contribution is -2.50. The summed E-state index contributed by atoms with van der Waals surface area (Å²) < 4.78 is 35.4. The van der Waals surface area contributed by atoms with Crippen molar-refractivity contribution < 1.29 is 22.7 Å². The lowest BCUT2D eigenvalue weighted by Gasteiger charge is -2.33. The maximum Gasteiger partial charge on any atom is 0.409 e. The van der Waals surface area contributed by atoms with Crippen LogP contribution in [0.3, 0.4) is 0 Å². The monoisotopic (exact) mass is 550 g/mol. The van der Waals surface area contributed by atoms with Gasteiger partial charge in [0.05, 0.1) is 21.7 Å². The van der Waals surface area contributed by atoms with Crippen LogP contribution in [0.5, 0.6) is 0 Å². The van der Waals surface area contributed by atoms with Crippen LogP contribution in [0.25, 0.3) is 10.2 Å². The number of rotatable bonds is 5. The topological polar surface area (TPSA) is 101 Å². The maximum absolute atomic E-state index is 13.1. The van der Waals surface area contributed by atoms with Gasteiger partial charge >= 0.3 is 6.09 Å². The molecule has 2 aromatic carbocycles. The number of aromatic nitrogens is 1. The number of halogens is 1. The number of piperazine rings is 1. The Morgan fingerprint density at radius 3 is 2.33 bits per heavy atom. The van der Waals surface area contributed by atoms with E-state index in [1.165, 1.54) is 44.8 Å². The minimum absolute atomic E-state index is 0.0828. The third-order valence-corrected chi connectivity index (χ3v) is 9.41. The molecule has 0 saturated carbocycles. The molecule has 12 heteroatoms. The molecule has 3 aromatic rings. The highest BCUT2D eigenvalue weighted by Crippen LogP contribution is 2.27. The van der Waals surface area contributed by atoms with Crippen molar-refractivity contribution in [3.63, 3.8) is 0 Å². The van der Waals surface area contributed by atoms with E-state index >= 15 is 0 Å². The Bertz CT molecular complexity index is 1470. The van der Waals surface area contributed by atoms with Gasteiger partial charge in [-0.15, -0.1) is 0 Å². The van der Waals surface area contributed by atoms with Crippen LogP contribution in [-0.2, 0) is 21.3 Å². The normalized spacial score (nSPS) is 15.4. The first kappa shape index (κ1) is 26.3. The lowest BCUT2D eigenvalue weighted by molar-refractivity contribution is 0.0933.